The number of nitriles is 1. The van der Waals surface area contributed by atoms with Crippen molar-refractivity contribution in [1.29, 1.82) is 5.26 Å². The van der Waals surface area contributed by atoms with Gasteiger partial charge in [-0.15, -0.1) is 0 Å². The zero-order valence-corrected chi connectivity index (χ0v) is 8.49. The van der Waals surface area contributed by atoms with Crippen molar-refractivity contribution in [3.8, 4) is 6.07 Å². The largest absolute Gasteiger partial charge is 0.383 e. The van der Waals surface area contributed by atoms with Crippen LogP contribution in [0.1, 0.15) is 18.6 Å². The topological polar surface area (TPSA) is 44.0 Å². The molecule has 0 saturated heterocycles. The van der Waals surface area contributed by atoms with Crippen molar-refractivity contribution >= 4 is 11.6 Å². The lowest BCUT2D eigenvalue weighted by Crippen LogP contribution is -1.99. The summed E-state index contributed by atoms with van der Waals surface area (Å²) in [6.45, 7) is 1.72. The summed E-state index contributed by atoms with van der Waals surface area (Å²) in [6, 6.07) is 8.72. The smallest absolute Gasteiger partial charge is 0.114 e. The first kappa shape index (κ1) is 10.8. The summed E-state index contributed by atoms with van der Waals surface area (Å²) in [5.74, 6) is 0. The van der Waals surface area contributed by atoms with Crippen molar-refractivity contribution in [2.75, 3.05) is 0 Å². The lowest BCUT2D eigenvalue weighted by molar-refractivity contribution is 0.220. The summed E-state index contributed by atoms with van der Waals surface area (Å²) in [6.07, 6.45) is 0.737. The van der Waals surface area contributed by atoms with Crippen LogP contribution in [0.15, 0.2) is 35.9 Å². The first-order valence-corrected chi connectivity index (χ1v) is 4.56. The first-order valence-electron chi connectivity index (χ1n) is 4.19. The molecule has 0 aromatic heterocycles. The van der Waals surface area contributed by atoms with Crippen molar-refractivity contribution in [2.45, 2.75) is 13.0 Å². The second-order valence-electron chi connectivity index (χ2n) is 2.81. The van der Waals surface area contributed by atoms with Gasteiger partial charge in [0.15, 0.2) is 0 Å². The van der Waals surface area contributed by atoms with Crippen molar-refractivity contribution < 1.29 is 5.11 Å². The summed E-state index contributed by atoms with van der Waals surface area (Å²) in [4.78, 5) is 0. The second-order valence-corrected chi connectivity index (χ2v) is 3.25. The molecule has 1 N–H and O–H groups in total. The van der Waals surface area contributed by atoms with Gasteiger partial charge in [0.2, 0.25) is 0 Å². The SMILES string of the molecule is C/C=C(\C#N)C(O)c1ccc(Cl)cc1. The summed E-state index contributed by atoms with van der Waals surface area (Å²) in [5, 5.41) is 19.1. The molecule has 0 aliphatic rings. The minimum Gasteiger partial charge on any atom is -0.383 e. The first-order chi connectivity index (χ1) is 6.69. The molecule has 0 fully saturated rings. The average molecular weight is 208 g/mol. The quantitative estimate of drug-likeness (QED) is 0.758. The molecule has 1 aromatic rings. The molecule has 0 aliphatic heterocycles. The van der Waals surface area contributed by atoms with E-state index < -0.39 is 6.10 Å². The summed E-state index contributed by atoms with van der Waals surface area (Å²) >= 11 is 5.70. The van der Waals surface area contributed by atoms with E-state index >= 15 is 0 Å². The number of halogens is 1. The molecule has 0 amide bonds. The molecule has 14 heavy (non-hydrogen) atoms. The minimum atomic E-state index is -0.859. The van der Waals surface area contributed by atoms with Crippen LogP contribution in [-0.4, -0.2) is 5.11 Å². The zero-order chi connectivity index (χ0) is 10.6. The van der Waals surface area contributed by atoms with Gasteiger partial charge in [-0.2, -0.15) is 5.26 Å². The van der Waals surface area contributed by atoms with Crippen LogP contribution < -0.4 is 0 Å². The molecule has 1 atom stereocenters. The second kappa shape index (κ2) is 4.80. The van der Waals surface area contributed by atoms with E-state index in [-0.39, 0.29) is 0 Å². The van der Waals surface area contributed by atoms with Crippen LogP contribution in [0.2, 0.25) is 5.02 Å². The lowest BCUT2D eigenvalue weighted by atomic mass is 10.0. The van der Waals surface area contributed by atoms with E-state index in [1.807, 2.05) is 6.07 Å². The highest BCUT2D eigenvalue weighted by atomic mass is 35.5. The Morgan fingerprint density at radius 2 is 2.07 bits per heavy atom. The van der Waals surface area contributed by atoms with Gasteiger partial charge in [0.25, 0.3) is 0 Å². The lowest BCUT2D eigenvalue weighted by Gasteiger charge is -2.08. The van der Waals surface area contributed by atoms with E-state index in [0.717, 1.165) is 0 Å². The number of rotatable bonds is 2. The van der Waals surface area contributed by atoms with Crippen LogP contribution in [0.3, 0.4) is 0 Å². The van der Waals surface area contributed by atoms with Crippen LogP contribution in [0.4, 0.5) is 0 Å². The predicted molar refractivity (Wildman–Crippen MR) is 55.8 cm³/mol. The summed E-state index contributed by atoms with van der Waals surface area (Å²) < 4.78 is 0. The van der Waals surface area contributed by atoms with Gasteiger partial charge >= 0.3 is 0 Å². The highest BCUT2D eigenvalue weighted by Crippen LogP contribution is 2.22. The number of aliphatic hydroxyl groups excluding tert-OH is 1. The monoisotopic (exact) mass is 207 g/mol. The Hall–Kier alpha value is -1.30. The number of hydrogen-bond donors (Lipinski definition) is 1. The molecular formula is C11H10ClNO. The molecule has 72 valence electrons. The van der Waals surface area contributed by atoms with Crippen LogP contribution in [0.25, 0.3) is 0 Å². The highest BCUT2D eigenvalue weighted by molar-refractivity contribution is 6.30. The molecule has 0 bridgehead atoms. The van der Waals surface area contributed by atoms with E-state index in [1.165, 1.54) is 0 Å². The molecule has 0 heterocycles. The van der Waals surface area contributed by atoms with Gasteiger partial charge < -0.3 is 5.11 Å². The van der Waals surface area contributed by atoms with Crippen LogP contribution in [0.5, 0.6) is 0 Å². The van der Waals surface area contributed by atoms with E-state index in [9.17, 15) is 5.11 Å². The Morgan fingerprint density at radius 3 is 2.50 bits per heavy atom. The molecule has 0 spiro atoms. The van der Waals surface area contributed by atoms with E-state index in [2.05, 4.69) is 0 Å². The number of aliphatic hydroxyl groups is 1. The van der Waals surface area contributed by atoms with Gasteiger partial charge in [0.1, 0.15) is 6.10 Å². The summed E-state index contributed by atoms with van der Waals surface area (Å²) in [7, 11) is 0. The number of benzene rings is 1. The van der Waals surface area contributed by atoms with Gasteiger partial charge in [-0.05, 0) is 24.6 Å². The van der Waals surface area contributed by atoms with Gasteiger partial charge in [0, 0.05) is 5.02 Å². The average Bonchev–Trinajstić information content (AvgIpc) is 2.20. The van der Waals surface area contributed by atoms with Crippen LogP contribution in [-0.2, 0) is 0 Å². The Labute approximate surface area is 88.1 Å². The molecule has 2 nitrogen and oxygen atoms in total. The Kier molecular flexibility index (Phi) is 3.70. The summed E-state index contributed by atoms with van der Waals surface area (Å²) in [5.41, 5.74) is 1.01. The third kappa shape index (κ3) is 2.35. The standard InChI is InChI=1S/C11H10ClNO/c1-2-8(7-13)11(14)9-3-5-10(12)6-4-9/h2-6,11,14H,1H3/b8-2+. The van der Waals surface area contributed by atoms with Crippen molar-refractivity contribution in [3.05, 3.63) is 46.5 Å². The van der Waals surface area contributed by atoms with Crippen LogP contribution >= 0.6 is 11.6 Å². The highest BCUT2D eigenvalue weighted by Gasteiger charge is 2.11. The number of allylic oxidation sites excluding steroid dienone is 1. The maximum absolute atomic E-state index is 9.74. The number of hydrogen-bond acceptors (Lipinski definition) is 2. The van der Waals surface area contributed by atoms with E-state index in [1.54, 1.807) is 37.3 Å². The maximum atomic E-state index is 9.74. The predicted octanol–water partition coefficient (Wildman–Crippen LogP) is 2.84. The fraction of sp³-hybridized carbons (Fsp3) is 0.182. The fourth-order valence-electron chi connectivity index (χ4n) is 1.11. The zero-order valence-electron chi connectivity index (χ0n) is 7.74. The fourth-order valence-corrected chi connectivity index (χ4v) is 1.23. The van der Waals surface area contributed by atoms with Gasteiger partial charge in [-0.25, -0.2) is 0 Å². The molecule has 1 unspecified atom stereocenters. The Balaban J connectivity index is 2.96. The van der Waals surface area contributed by atoms with Crippen LogP contribution in [0, 0.1) is 11.3 Å². The molecule has 3 heteroatoms. The molecule has 1 aromatic carbocycles. The molecule has 1 rings (SSSR count). The van der Waals surface area contributed by atoms with E-state index in [4.69, 9.17) is 16.9 Å². The van der Waals surface area contributed by atoms with Crippen molar-refractivity contribution in [2.24, 2.45) is 0 Å². The van der Waals surface area contributed by atoms with Gasteiger partial charge in [-0.3, -0.25) is 0 Å². The van der Waals surface area contributed by atoms with Gasteiger partial charge in [-0.1, -0.05) is 29.8 Å². The van der Waals surface area contributed by atoms with Crippen molar-refractivity contribution in [1.82, 2.24) is 0 Å². The Morgan fingerprint density at radius 1 is 1.50 bits per heavy atom. The minimum absolute atomic E-state index is 0.340. The third-order valence-electron chi connectivity index (χ3n) is 1.92. The Bertz CT molecular complexity index is 375. The maximum Gasteiger partial charge on any atom is 0.114 e. The molecule has 0 aliphatic carbocycles. The molecule has 0 saturated carbocycles. The third-order valence-corrected chi connectivity index (χ3v) is 2.17. The van der Waals surface area contributed by atoms with Crippen molar-refractivity contribution in [3.63, 3.8) is 0 Å². The number of nitrogens with zero attached hydrogens (tertiary/aromatic N) is 1. The molecular weight excluding hydrogens is 198 g/mol. The molecule has 0 radical (unpaired) electrons. The normalized spacial score (nSPS) is 13.4. The van der Waals surface area contributed by atoms with E-state index in [0.29, 0.717) is 16.2 Å². The van der Waals surface area contributed by atoms with Gasteiger partial charge in [0.05, 0.1) is 11.6 Å².